The van der Waals surface area contributed by atoms with Gasteiger partial charge < -0.3 is 4.42 Å². The highest BCUT2D eigenvalue weighted by Crippen LogP contribution is 2.45. The van der Waals surface area contributed by atoms with Crippen LogP contribution in [0, 0.1) is 24.6 Å². The van der Waals surface area contributed by atoms with Crippen LogP contribution >= 0.6 is 0 Å². The van der Waals surface area contributed by atoms with Crippen LogP contribution in [-0.2, 0) is 7.05 Å². The van der Waals surface area contributed by atoms with E-state index in [0.717, 1.165) is 50.6 Å². The first-order chi connectivity index (χ1) is 19.6. The SMILES string of the molecule is Cc1ccc2c(oc3c(-c4ccc(C5CCCC(C6CCCCC6)C5)cc4)c(F)ccc32)c1-c1cccc[n+]1C. The van der Waals surface area contributed by atoms with E-state index in [1.807, 2.05) is 31.4 Å². The first-order valence-corrected chi connectivity index (χ1v) is 15.3. The van der Waals surface area contributed by atoms with Crippen molar-refractivity contribution in [3.05, 3.63) is 89.9 Å². The van der Waals surface area contributed by atoms with E-state index >= 15 is 4.39 Å². The average Bonchev–Trinajstić information content (AvgIpc) is 3.37. The molecule has 7 rings (SSSR count). The number of furan rings is 1. The van der Waals surface area contributed by atoms with Gasteiger partial charge in [-0.1, -0.05) is 81.3 Å². The molecule has 5 aromatic rings. The van der Waals surface area contributed by atoms with E-state index in [1.165, 1.54) is 63.4 Å². The second kappa shape index (κ2) is 10.5. The zero-order chi connectivity index (χ0) is 27.2. The highest BCUT2D eigenvalue weighted by atomic mass is 19.1. The fourth-order valence-corrected chi connectivity index (χ4v) is 7.83. The minimum absolute atomic E-state index is 0.238. The van der Waals surface area contributed by atoms with Gasteiger partial charge >= 0.3 is 0 Å². The number of hydrogen-bond donors (Lipinski definition) is 0. The molecular formula is C37H39FNO+. The number of fused-ring (bicyclic) bond motifs is 3. The first-order valence-electron chi connectivity index (χ1n) is 15.3. The zero-order valence-corrected chi connectivity index (χ0v) is 23.8. The van der Waals surface area contributed by atoms with Crippen molar-refractivity contribution in [1.29, 1.82) is 0 Å². The summed E-state index contributed by atoms with van der Waals surface area (Å²) in [6, 6.07) is 22.6. The van der Waals surface area contributed by atoms with Crippen LogP contribution in [-0.4, -0.2) is 0 Å². The van der Waals surface area contributed by atoms with Crippen LogP contribution < -0.4 is 4.57 Å². The molecule has 2 aliphatic carbocycles. The lowest BCUT2D eigenvalue weighted by molar-refractivity contribution is -0.660. The number of hydrogen-bond acceptors (Lipinski definition) is 1. The predicted molar refractivity (Wildman–Crippen MR) is 162 cm³/mol. The summed E-state index contributed by atoms with van der Waals surface area (Å²) in [4.78, 5) is 0. The van der Waals surface area contributed by atoms with Gasteiger partial charge in [0.15, 0.2) is 6.20 Å². The highest BCUT2D eigenvalue weighted by Gasteiger charge is 2.30. The van der Waals surface area contributed by atoms with E-state index in [0.29, 0.717) is 17.1 Å². The van der Waals surface area contributed by atoms with Crippen molar-refractivity contribution in [3.8, 4) is 22.4 Å². The van der Waals surface area contributed by atoms with Gasteiger partial charge in [0, 0.05) is 22.9 Å². The molecule has 2 aliphatic rings. The molecule has 0 aliphatic heterocycles. The fourth-order valence-electron chi connectivity index (χ4n) is 7.83. The number of rotatable bonds is 4. The van der Waals surface area contributed by atoms with Gasteiger partial charge in [-0.05, 0) is 72.4 Å². The predicted octanol–water partition coefficient (Wildman–Crippen LogP) is 10.0. The summed E-state index contributed by atoms with van der Waals surface area (Å²) in [5, 5.41) is 1.98. The van der Waals surface area contributed by atoms with Crippen molar-refractivity contribution in [2.24, 2.45) is 18.9 Å². The van der Waals surface area contributed by atoms with Gasteiger partial charge in [0.1, 0.15) is 24.0 Å². The lowest BCUT2D eigenvalue weighted by Crippen LogP contribution is -2.30. The van der Waals surface area contributed by atoms with Crippen LogP contribution in [0.4, 0.5) is 4.39 Å². The maximum Gasteiger partial charge on any atom is 0.216 e. The Balaban J connectivity index is 1.26. The minimum Gasteiger partial charge on any atom is -0.454 e. The number of aryl methyl sites for hydroxylation is 2. The molecule has 3 aromatic carbocycles. The summed E-state index contributed by atoms with van der Waals surface area (Å²) in [5.74, 6) is 2.20. The molecule has 0 bridgehead atoms. The van der Waals surface area contributed by atoms with Crippen molar-refractivity contribution in [2.75, 3.05) is 0 Å². The highest BCUT2D eigenvalue weighted by molar-refractivity contribution is 6.13. The molecule has 0 amide bonds. The molecule has 2 heterocycles. The summed E-state index contributed by atoms with van der Waals surface area (Å²) in [7, 11) is 2.05. The lowest BCUT2D eigenvalue weighted by Gasteiger charge is -2.36. The standard InChI is InChI=1S/C37H39FNO/c1-24-14-19-30-31-20-21-32(38)35(37(31)40-36(30)34(24)33-13-6-7-22-39(33)2)27-17-15-26(16-18-27)29-12-8-11-28(23-29)25-9-4-3-5-10-25/h6-7,13-22,25,28-29H,3-5,8-12,23H2,1-2H3/q+1. The maximum absolute atomic E-state index is 15.5. The molecule has 2 unspecified atom stereocenters. The van der Waals surface area contributed by atoms with Gasteiger partial charge in [-0.25, -0.2) is 8.96 Å². The Morgan fingerprint density at radius 2 is 1.45 bits per heavy atom. The van der Waals surface area contributed by atoms with Gasteiger partial charge in [-0.15, -0.1) is 0 Å². The molecule has 3 heteroatoms. The quantitative estimate of drug-likeness (QED) is 0.210. The van der Waals surface area contributed by atoms with Crippen LogP contribution in [0.1, 0.15) is 74.8 Å². The molecule has 2 saturated carbocycles. The number of pyridine rings is 1. The third kappa shape index (κ3) is 4.44. The summed E-state index contributed by atoms with van der Waals surface area (Å²) in [5.41, 5.74) is 7.58. The smallest absolute Gasteiger partial charge is 0.216 e. The van der Waals surface area contributed by atoms with E-state index in [2.05, 4.69) is 54.0 Å². The topological polar surface area (TPSA) is 17.0 Å². The van der Waals surface area contributed by atoms with E-state index in [1.54, 1.807) is 6.07 Å². The van der Waals surface area contributed by atoms with Crippen molar-refractivity contribution in [3.63, 3.8) is 0 Å². The molecule has 0 radical (unpaired) electrons. The normalized spacial score (nSPS) is 20.4. The van der Waals surface area contributed by atoms with Crippen LogP contribution in [0.25, 0.3) is 44.3 Å². The second-order valence-corrected chi connectivity index (χ2v) is 12.4. The largest absolute Gasteiger partial charge is 0.454 e. The van der Waals surface area contributed by atoms with Crippen LogP contribution in [0.3, 0.4) is 0 Å². The number of aromatic nitrogens is 1. The summed E-state index contributed by atoms with van der Waals surface area (Å²) in [6.45, 7) is 2.11. The summed E-state index contributed by atoms with van der Waals surface area (Å²) >= 11 is 0. The van der Waals surface area contributed by atoms with Crippen molar-refractivity contribution in [1.82, 2.24) is 0 Å². The summed E-state index contributed by atoms with van der Waals surface area (Å²) < 4.78 is 24.3. The lowest BCUT2D eigenvalue weighted by atomic mass is 9.69. The van der Waals surface area contributed by atoms with Gasteiger partial charge in [-0.2, -0.15) is 0 Å². The molecule has 2 aromatic heterocycles. The third-order valence-electron chi connectivity index (χ3n) is 9.98. The molecule has 0 saturated heterocycles. The second-order valence-electron chi connectivity index (χ2n) is 12.4. The Morgan fingerprint density at radius 3 is 2.23 bits per heavy atom. The third-order valence-corrected chi connectivity index (χ3v) is 9.98. The van der Waals surface area contributed by atoms with Crippen molar-refractivity contribution in [2.45, 2.75) is 70.6 Å². The van der Waals surface area contributed by atoms with Crippen LogP contribution in [0.15, 0.2) is 77.3 Å². The Hall–Kier alpha value is -3.46. The molecule has 0 spiro atoms. The van der Waals surface area contributed by atoms with Gasteiger partial charge in [-0.3, -0.25) is 0 Å². The van der Waals surface area contributed by atoms with E-state index < -0.39 is 0 Å². The Bertz CT molecular complexity index is 1670. The van der Waals surface area contributed by atoms with Crippen molar-refractivity contribution >= 4 is 21.9 Å². The number of benzene rings is 3. The van der Waals surface area contributed by atoms with E-state index in [4.69, 9.17) is 4.42 Å². The average molecular weight is 533 g/mol. The number of nitrogens with zero attached hydrogens (tertiary/aromatic N) is 1. The Morgan fingerprint density at radius 1 is 0.725 bits per heavy atom. The van der Waals surface area contributed by atoms with Gasteiger partial charge in [0.05, 0.1) is 11.1 Å². The van der Waals surface area contributed by atoms with E-state index in [9.17, 15) is 0 Å². The monoisotopic (exact) mass is 532 g/mol. The number of halogens is 1. The van der Waals surface area contributed by atoms with Crippen LogP contribution in [0.5, 0.6) is 0 Å². The van der Waals surface area contributed by atoms with Gasteiger partial charge in [0.2, 0.25) is 5.69 Å². The Labute approximate surface area is 236 Å². The minimum atomic E-state index is -0.238. The summed E-state index contributed by atoms with van der Waals surface area (Å²) in [6.07, 6.45) is 14.5. The fraction of sp³-hybridized carbons (Fsp3) is 0.378. The Kier molecular flexibility index (Phi) is 6.70. The molecule has 204 valence electrons. The van der Waals surface area contributed by atoms with E-state index in [-0.39, 0.29) is 5.82 Å². The molecule has 2 atom stereocenters. The molecule has 2 fully saturated rings. The van der Waals surface area contributed by atoms with Crippen molar-refractivity contribution < 1.29 is 13.4 Å². The molecule has 2 nitrogen and oxygen atoms in total. The van der Waals surface area contributed by atoms with Crippen LogP contribution in [0.2, 0.25) is 0 Å². The zero-order valence-electron chi connectivity index (χ0n) is 23.8. The molecular weight excluding hydrogens is 493 g/mol. The molecule has 40 heavy (non-hydrogen) atoms. The maximum atomic E-state index is 15.5. The first kappa shape index (κ1) is 25.5. The van der Waals surface area contributed by atoms with Gasteiger partial charge in [0.25, 0.3) is 0 Å². The molecule has 0 N–H and O–H groups in total.